The van der Waals surface area contributed by atoms with Crippen LogP contribution in [-0.2, 0) is 14.4 Å². The lowest BCUT2D eigenvalue weighted by atomic mass is 10.1. The van der Waals surface area contributed by atoms with Gasteiger partial charge in [0.25, 0.3) is 11.8 Å². The van der Waals surface area contributed by atoms with Crippen molar-refractivity contribution in [1.29, 1.82) is 0 Å². The van der Waals surface area contributed by atoms with Crippen LogP contribution in [0.4, 0.5) is 5.69 Å². The first kappa shape index (κ1) is 21.9. The van der Waals surface area contributed by atoms with Crippen molar-refractivity contribution < 1.29 is 23.9 Å². The molecule has 1 saturated heterocycles. The number of aromatic nitrogens is 1. The fourth-order valence-corrected chi connectivity index (χ4v) is 3.18. The molecule has 0 radical (unpaired) electrons. The number of hydrogen-bond donors (Lipinski definition) is 1. The zero-order chi connectivity index (χ0) is 22.5. The maximum absolute atomic E-state index is 13.1. The number of pyridine rings is 1. The van der Waals surface area contributed by atoms with Gasteiger partial charge in [-0.2, -0.15) is 0 Å². The second-order valence-corrected chi connectivity index (χ2v) is 7.26. The third-order valence-corrected chi connectivity index (χ3v) is 4.72. The largest absolute Gasteiger partial charge is 0.494 e. The zero-order valence-corrected chi connectivity index (χ0v) is 17.6. The quantitative estimate of drug-likeness (QED) is 0.561. The molecule has 0 aliphatic carbocycles. The van der Waals surface area contributed by atoms with Crippen molar-refractivity contribution in [2.45, 2.75) is 33.2 Å². The molecule has 1 unspecified atom stereocenters. The van der Waals surface area contributed by atoms with Gasteiger partial charge in [-0.15, -0.1) is 0 Å². The van der Waals surface area contributed by atoms with Gasteiger partial charge >= 0.3 is 0 Å². The monoisotopic (exact) mass is 424 g/mol. The highest BCUT2D eigenvalue weighted by Crippen LogP contribution is 2.27. The zero-order valence-electron chi connectivity index (χ0n) is 17.6. The van der Waals surface area contributed by atoms with Gasteiger partial charge in [-0.3, -0.25) is 29.6 Å². The number of carbonyl (C=O) groups is 4. The molecule has 9 heteroatoms. The number of ether oxygens (including phenoxy) is 1. The second-order valence-electron chi connectivity index (χ2n) is 7.26. The Morgan fingerprint density at radius 2 is 1.94 bits per heavy atom. The lowest BCUT2D eigenvalue weighted by Crippen LogP contribution is -2.55. The van der Waals surface area contributed by atoms with Crippen LogP contribution in [0.25, 0.3) is 0 Å². The predicted octanol–water partition coefficient (Wildman–Crippen LogP) is 1.94. The average molecular weight is 424 g/mol. The van der Waals surface area contributed by atoms with Gasteiger partial charge in [0.2, 0.25) is 11.8 Å². The standard InChI is InChI=1S/C22H24N4O5/c1-4-31-17-9-7-16(8-10-17)25-19(27)12-18(22(25)30)26(21(29)14(2)3)24-20(28)15-6-5-11-23-13-15/h5-11,13-14,18H,4,12H2,1-3H3,(H,24,28). The smallest absolute Gasteiger partial charge is 0.271 e. The summed E-state index contributed by atoms with van der Waals surface area (Å²) >= 11 is 0. The Labute approximate surface area is 180 Å². The van der Waals surface area contributed by atoms with Gasteiger partial charge in [-0.1, -0.05) is 13.8 Å². The Hall–Kier alpha value is -3.75. The Balaban J connectivity index is 1.85. The molecule has 1 atom stereocenters. The summed E-state index contributed by atoms with van der Waals surface area (Å²) in [7, 11) is 0. The maximum atomic E-state index is 13.1. The first-order chi connectivity index (χ1) is 14.8. The molecule has 1 aromatic heterocycles. The van der Waals surface area contributed by atoms with Crippen molar-refractivity contribution in [3.05, 3.63) is 54.4 Å². The number of carbonyl (C=O) groups excluding carboxylic acids is 4. The number of hydrogen-bond acceptors (Lipinski definition) is 6. The normalized spacial score (nSPS) is 15.9. The van der Waals surface area contributed by atoms with Gasteiger partial charge < -0.3 is 4.74 Å². The van der Waals surface area contributed by atoms with Crippen LogP contribution in [0.5, 0.6) is 5.75 Å². The summed E-state index contributed by atoms with van der Waals surface area (Å²) in [6.45, 7) is 5.64. The topological polar surface area (TPSA) is 109 Å². The number of imide groups is 1. The summed E-state index contributed by atoms with van der Waals surface area (Å²) in [5, 5.41) is 0.967. The summed E-state index contributed by atoms with van der Waals surface area (Å²) in [6, 6.07) is 8.50. The first-order valence-corrected chi connectivity index (χ1v) is 9.97. The van der Waals surface area contributed by atoms with E-state index in [-0.39, 0.29) is 12.0 Å². The summed E-state index contributed by atoms with van der Waals surface area (Å²) in [6.07, 6.45) is 2.63. The number of amides is 4. The third-order valence-electron chi connectivity index (χ3n) is 4.72. The summed E-state index contributed by atoms with van der Waals surface area (Å²) in [5.41, 5.74) is 3.09. The van der Waals surface area contributed by atoms with Gasteiger partial charge in [0.1, 0.15) is 11.8 Å². The van der Waals surface area contributed by atoms with Crippen molar-refractivity contribution in [1.82, 2.24) is 15.4 Å². The summed E-state index contributed by atoms with van der Waals surface area (Å²) in [5.74, 6) is -2.01. The first-order valence-electron chi connectivity index (χ1n) is 9.97. The SMILES string of the molecule is CCOc1ccc(N2C(=O)CC(N(NC(=O)c3cccnc3)C(=O)C(C)C)C2=O)cc1. The van der Waals surface area contributed by atoms with Gasteiger partial charge in [-0.25, -0.2) is 9.91 Å². The molecule has 0 saturated carbocycles. The lowest BCUT2D eigenvalue weighted by molar-refractivity contribution is -0.143. The average Bonchev–Trinajstić information content (AvgIpc) is 3.06. The van der Waals surface area contributed by atoms with E-state index in [1.807, 2.05) is 6.92 Å². The van der Waals surface area contributed by atoms with Crippen LogP contribution in [0, 0.1) is 5.92 Å². The van der Waals surface area contributed by atoms with Crippen molar-refractivity contribution in [3.8, 4) is 5.75 Å². The Morgan fingerprint density at radius 1 is 1.23 bits per heavy atom. The van der Waals surface area contributed by atoms with Gasteiger partial charge in [0.05, 0.1) is 24.3 Å². The molecule has 4 amide bonds. The predicted molar refractivity (Wildman–Crippen MR) is 112 cm³/mol. The van der Waals surface area contributed by atoms with Crippen LogP contribution in [0.2, 0.25) is 0 Å². The number of hydrazine groups is 1. The Morgan fingerprint density at radius 3 is 2.52 bits per heavy atom. The molecule has 1 N–H and O–H groups in total. The molecule has 9 nitrogen and oxygen atoms in total. The Bertz CT molecular complexity index is 975. The van der Waals surface area contributed by atoms with E-state index >= 15 is 0 Å². The molecule has 1 fully saturated rings. The molecule has 1 aliphatic rings. The summed E-state index contributed by atoms with van der Waals surface area (Å²) in [4.78, 5) is 56.1. The minimum atomic E-state index is -1.14. The molecule has 1 aromatic carbocycles. The van der Waals surface area contributed by atoms with E-state index in [2.05, 4.69) is 10.4 Å². The van der Waals surface area contributed by atoms with Crippen LogP contribution in [0.1, 0.15) is 37.6 Å². The van der Waals surface area contributed by atoms with Crippen LogP contribution >= 0.6 is 0 Å². The molecule has 162 valence electrons. The molecule has 2 aromatic rings. The third kappa shape index (κ3) is 4.71. The van der Waals surface area contributed by atoms with E-state index in [1.165, 1.54) is 18.5 Å². The highest BCUT2D eigenvalue weighted by molar-refractivity contribution is 6.23. The number of rotatable bonds is 6. The van der Waals surface area contributed by atoms with E-state index in [4.69, 9.17) is 4.74 Å². The number of benzene rings is 1. The molecule has 1 aliphatic heterocycles. The lowest BCUT2D eigenvalue weighted by Gasteiger charge is -2.29. The van der Waals surface area contributed by atoms with Crippen LogP contribution in [0.15, 0.2) is 48.8 Å². The highest BCUT2D eigenvalue weighted by Gasteiger charge is 2.45. The van der Waals surface area contributed by atoms with Gasteiger partial charge in [-0.05, 0) is 43.3 Å². The van der Waals surface area contributed by atoms with Gasteiger partial charge in [0, 0.05) is 18.3 Å². The molecule has 31 heavy (non-hydrogen) atoms. The van der Waals surface area contributed by atoms with Crippen molar-refractivity contribution >= 4 is 29.3 Å². The summed E-state index contributed by atoms with van der Waals surface area (Å²) < 4.78 is 5.39. The van der Waals surface area contributed by atoms with E-state index in [9.17, 15) is 19.2 Å². The number of anilines is 1. The van der Waals surface area contributed by atoms with E-state index in [0.29, 0.717) is 18.0 Å². The molecular formula is C22H24N4O5. The van der Waals surface area contributed by atoms with E-state index in [1.54, 1.807) is 44.2 Å². The van der Waals surface area contributed by atoms with Crippen molar-refractivity contribution in [3.63, 3.8) is 0 Å². The van der Waals surface area contributed by atoms with Crippen LogP contribution < -0.4 is 15.1 Å². The van der Waals surface area contributed by atoms with E-state index in [0.717, 1.165) is 9.91 Å². The molecule has 3 rings (SSSR count). The van der Waals surface area contributed by atoms with Crippen LogP contribution in [-0.4, -0.2) is 46.3 Å². The Kier molecular flexibility index (Phi) is 6.64. The minimum Gasteiger partial charge on any atom is -0.494 e. The second kappa shape index (κ2) is 9.38. The number of nitrogens with zero attached hydrogens (tertiary/aromatic N) is 3. The van der Waals surface area contributed by atoms with Crippen LogP contribution in [0.3, 0.4) is 0 Å². The van der Waals surface area contributed by atoms with Crippen molar-refractivity contribution in [2.75, 3.05) is 11.5 Å². The number of nitrogens with one attached hydrogen (secondary N) is 1. The fourth-order valence-electron chi connectivity index (χ4n) is 3.18. The molecule has 0 spiro atoms. The molecular weight excluding hydrogens is 400 g/mol. The fraction of sp³-hybridized carbons (Fsp3) is 0.318. The molecule has 2 heterocycles. The van der Waals surface area contributed by atoms with Gasteiger partial charge in [0.15, 0.2) is 0 Å². The van der Waals surface area contributed by atoms with Crippen molar-refractivity contribution in [2.24, 2.45) is 5.92 Å². The van der Waals surface area contributed by atoms with E-state index < -0.39 is 35.6 Å². The minimum absolute atomic E-state index is 0.226. The molecule has 0 bridgehead atoms. The highest BCUT2D eigenvalue weighted by atomic mass is 16.5. The maximum Gasteiger partial charge on any atom is 0.271 e.